The molecule has 0 radical (unpaired) electrons. The first-order valence-corrected chi connectivity index (χ1v) is 6.41. The molecule has 0 bridgehead atoms. The van der Waals surface area contributed by atoms with Gasteiger partial charge in [0, 0.05) is 6.54 Å². The molecular formula is C14H19FN2O. The van der Waals surface area contributed by atoms with E-state index in [1.807, 2.05) is 0 Å². The summed E-state index contributed by atoms with van der Waals surface area (Å²) in [5.74, 6) is 0.0895. The normalized spacial score (nSPS) is 15.9. The van der Waals surface area contributed by atoms with Gasteiger partial charge in [-0.1, -0.05) is 25.0 Å². The smallest absolute Gasteiger partial charge is 0.319 e. The maximum absolute atomic E-state index is 14.0. The molecule has 0 heterocycles. The van der Waals surface area contributed by atoms with Crippen molar-refractivity contribution in [2.45, 2.75) is 32.6 Å². The van der Waals surface area contributed by atoms with Gasteiger partial charge in [0.1, 0.15) is 5.82 Å². The molecule has 0 atom stereocenters. The Balaban J connectivity index is 2.23. The zero-order valence-corrected chi connectivity index (χ0v) is 10.7. The highest BCUT2D eigenvalue weighted by atomic mass is 19.1. The fraction of sp³-hybridized carbons (Fsp3) is 0.500. The van der Waals surface area contributed by atoms with Gasteiger partial charge in [-0.15, -0.1) is 0 Å². The number of nitrogens with zero attached hydrogens (tertiary/aromatic N) is 1. The number of carbonyl (C=O) groups excluding carboxylic acids is 1. The van der Waals surface area contributed by atoms with Gasteiger partial charge in [-0.05, 0) is 37.3 Å². The first-order valence-electron chi connectivity index (χ1n) is 6.41. The third-order valence-corrected chi connectivity index (χ3v) is 3.64. The van der Waals surface area contributed by atoms with Gasteiger partial charge < -0.3 is 5.73 Å². The van der Waals surface area contributed by atoms with E-state index in [4.69, 9.17) is 5.73 Å². The van der Waals surface area contributed by atoms with Gasteiger partial charge in [0.15, 0.2) is 0 Å². The van der Waals surface area contributed by atoms with Crippen LogP contribution in [0.5, 0.6) is 0 Å². The highest BCUT2D eigenvalue weighted by molar-refractivity contribution is 5.90. The molecule has 0 saturated heterocycles. The van der Waals surface area contributed by atoms with Crippen LogP contribution in [-0.4, -0.2) is 12.6 Å². The van der Waals surface area contributed by atoms with Crippen LogP contribution < -0.4 is 10.6 Å². The van der Waals surface area contributed by atoms with Crippen molar-refractivity contribution < 1.29 is 9.18 Å². The van der Waals surface area contributed by atoms with E-state index in [9.17, 15) is 9.18 Å². The molecule has 3 nitrogen and oxygen atoms in total. The molecule has 2 rings (SSSR count). The Labute approximate surface area is 107 Å². The van der Waals surface area contributed by atoms with Crippen LogP contribution in [0.15, 0.2) is 18.2 Å². The van der Waals surface area contributed by atoms with Gasteiger partial charge in [0.25, 0.3) is 0 Å². The van der Waals surface area contributed by atoms with Crippen LogP contribution in [0.25, 0.3) is 0 Å². The van der Waals surface area contributed by atoms with E-state index in [1.165, 1.54) is 17.7 Å². The van der Waals surface area contributed by atoms with Crippen LogP contribution in [-0.2, 0) is 0 Å². The van der Waals surface area contributed by atoms with Crippen molar-refractivity contribution in [1.82, 2.24) is 0 Å². The summed E-state index contributed by atoms with van der Waals surface area (Å²) in [7, 11) is 0. The molecule has 1 aliphatic carbocycles. The number of rotatable bonds is 3. The first-order chi connectivity index (χ1) is 8.59. The average molecular weight is 250 g/mol. The SMILES string of the molecule is Cc1cccc(N(CC2CCCC2)C(N)=O)c1F. The molecular weight excluding hydrogens is 231 g/mol. The number of carbonyl (C=O) groups is 1. The zero-order valence-electron chi connectivity index (χ0n) is 10.7. The molecule has 1 fully saturated rings. The quantitative estimate of drug-likeness (QED) is 0.879. The summed E-state index contributed by atoms with van der Waals surface area (Å²) in [5, 5.41) is 0. The van der Waals surface area contributed by atoms with E-state index in [2.05, 4.69) is 0 Å². The summed E-state index contributed by atoms with van der Waals surface area (Å²) in [6.07, 6.45) is 4.57. The maximum Gasteiger partial charge on any atom is 0.319 e. The third-order valence-electron chi connectivity index (χ3n) is 3.64. The van der Waals surface area contributed by atoms with E-state index < -0.39 is 6.03 Å². The van der Waals surface area contributed by atoms with Crippen molar-refractivity contribution in [3.05, 3.63) is 29.6 Å². The van der Waals surface area contributed by atoms with Crippen LogP contribution >= 0.6 is 0 Å². The van der Waals surface area contributed by atoms with Gasteiger partial charge in [-0.25, -0.2) is 9.18 Å². The van der Waals surface area contributed by atoms with Gasteiger partial charge in [-0.3, -0.25) is 4.90 Å². The van der Waals surface area contributed by atoms with Gasteiger partial charge in [-0.2, -0.15) is 0 Å². The van der Waals surface area contributed by atoms with Crippen molar-refractivity contribution >= 4 is 11.7 Å². The molecule has 1 aromatic rings. The topological polar surface area (TPSA) is 46.3 Å². The summed E-state index contributed by atoms with van der Waals surface area (Å²) >= 11 is 0. The molecule has 2 N–H and O–H groups in total. The van der Waals surface area contributed by atoms with Crippen molar-refractivity contribution in [1.29, 1.82) is 0 Å². The highest BCUT2D eigenvalue weighted by Gasteiger charge is 2.23. The monoisotopic (exact) mass is 250 g/mol. The average Bonchev–Trinajstić information content (AvgIpc) is 2.83. The fourth-order valence-corrected chi connectivity index (χ4v) is 2.60. The Morgan fingerprint density at radius 1 is 1.44 bits per heavy atom. The minimum atomic E-state index is -0.577. The van der Waals surface area contributed by atoms with Crippen LogP contribution in [0.3, 0.4) is 0 Å². The second kappa shape index (κ2) is 5.38. The van der Waals surface area contributed by atoms with Crippen LogP contribution in [0.2, 0.25) is 0 Å². The van der Waals surface area contributed by atoms with Crippen LogP contribution in [0.1, 0.15) is 31.2 Å². The van der Waals surface area contributed by atoms with E-state index in [-0.39, 0.29) is 5.82 Å². The molecule has 18 heavy (non-hydrogen) atoms. The number of nitrogens with two attached hydrogens (primary N) is 1. The fourth-order valence-electron chi connectivity index (χ4n) is 2.60. The molecule has 1 saturated carbocycles. The number of halogens is 1. The first kappa shape index (κ1) is 12.9. The third kappa shape index (κ3) is 2.63. The summed E-state index contributed by atoms with van der Waals surface area (Å²) in [6, 6.07) is 4.47. The van der Waals surface area contributed by atoms with Crippen molar-refractivity contribution in [2.24, 2.45) is 11.7 Å². The number of aryl methyl sites for hydroxylation is 1. The van der Waals surface area contributed by atoms with Crippen molar-refractivity contribution in [3.8, 4) is 0 Å². The van der Waals surface area contributed by atoms with E-state index in [0.717, 1.165) is 12.8 Å². The van der Waals surface area contributed by atoms with Crippen LogP contribution in [0, 0.1) is 18.7 Å². The van der Waals surface area contributed by atoms with Crippen molar-refractivity contribution in [3.63, 3.8) is 0 Å². The Morgan fingerprint density at radius 2 is 2.11 bits per heavy atom. The Morgan fingerprint density at radius 3 is 2.72 bits per heavy atom. The summed E-state index contributed by atoms with van der Waals surface area (Å²) in [4.78, 5) is 12.9. The van der Waals surface area contributed by atoms with Crippen molar-refractivity contribution in [2.75, 3.05) is 11.4 Å². The molecule has 4 heteroatoms. The molecule has 98 valence electrons. The van der Waals surface area contributed by atoms with Gasteiger partial charge in [0.2, 0.25) is 0 Å². The van der Waals surface area contributed by atoms with Gasteiger partial charge in [0.05, 0.1) is 5.69 Å². The van der Waals surface area contributed by atoms with Gasteiger partial charge >= 0.3 is 6.03 Å². The molecule has 2 amide bonds. The minimum Gasteiger partial charge on any atom is -0.351 e. The number of benzene rings is 1. The van der Waals surface area contributed by atoms with E-state index >= 15 is 0 Å². The molecule has 1 aliphatic rings. The predicted octanol–water partition coefficient (Wildman–Crippen LogP) is 3.21. The maximum atomic E-state index is 14.0. The Bertz CT molecular complexity index is 441. The number of primary amides is 1. The number of urea groups is 1. The number of hydrogen-bond acceptors (Lipinski definition) is 1. The molecule has 0 spiro atoms. The summed E-state index contributed by atoms with van der Waals surface area (Å²) in [5.41, 5.74) is 6.22. The highest BCUT2D eigenvalue weighted by Crippen LogP contribution is 2.29. The second-order valence-corrected chi connectivity index (χ2v) is 5.01. The lowest BCUT2D eigenvalue weighted by molar-refractivity contribution is 0.252. The van der Waals surface area contributed by atoms with Crippen LogP contribution in [0.4, 0.5) is 14.9 Å². The second-order valence-electron chi connectivity index (χ2n) is 5.01. The lowest BCUT2D eigenvalue weighted by Gasteiger charge is -2.24. The molecule has 0 unspecified atom stereocenters. The molecule has 1 aromatic carbocycles. The zero-order chi connectivity index (χ0) is 13.1. The Hall–Kier alpha value is -1.58. The lowest BCUT2D eigenvalue weighted by atomic mass is 10.1. The Kier molecular flexibility index (Phi) is 3.84. The summed E-state index contributed by atoms with van der Waals surface area (Å²) in [6.45, 7) is 2.21. The predicted molar refractivity (Wildman–Crippen MR) is 70.0 cm³/mol. The number of anilines is 1. The molecule has 0 aliphatic heterocycles. The number of amides is 2. The summed E-state index contributed by atoms with van der Waals surface area (Å²) < 4.78 is 14.0. The standard InChI is InChI=1S/C14H19FN2O/c1-10-5-4-8-12(13(10)15)17(14(16)18)9-11-6-2-3-7-11/h4-5,8,11H,2-3,6-7,9H2,1H3,(H2,16,18). The van der Waals surface area contributed by atoms with E-state index in [0.29, 0.717) is 23.7 Å². The number of hydrogen-bond donors (Lipinski definition) is 1. The minimum absolute atomic E-state index is 0.300. The van der Waals surface area contributed by atoms with E-state index in [1.54, 1.807) is 25.1 Å². The largest absolute Gasteiger partial charge is 0.351 e. The lowest BCUT2D eigenvalue weighted by Crippen LogP contribution is -2.39. The molecule has 0 aromatic heterocycles.